The lowest BCUT2D eigenvalue weighted by molar-refractivity contribution is -0.143. The van der Waals surface area contributed by atoms with Crippen LogP contribution in [0.3, 0.4) is 0 Å². The standard InChI is InChI=1S/C27H27N3O5S/c1-3-34-23(31)16-30-15-18(19-9-5-7-11-21(19)30)13-17(14-28)25(32)29-26-24(27(33)35-4-2)20-10-6-8-12-22(20)36-26/h5,7,9,11,13,15H,3-4,6,8,10,12,16H2,1-2H3,(H,29,32)/b17-13+. The maximum atomic E-state index is 13.2. The number of aryl methyl sites for hydroxylation is 1. The maximum absolute atomic E-state index is 13.2. The minimum atomic E-state index is -0.608. The van der Waals surface area contributed by atoms with Crippen LogP contribution in [0.1, 0.15) is 53.1 Å². The molecule has 0 saturated heterocycles. The largest absolute Gasteiger partial charge is 0.465 e. The molecule has 1 amide bonds. The van der Waals surface area contributed by atoms with Crippen LogP contribution >= 0.6 is 11.3 Å². The van der Waals surface area contributed by atoms with Gasteiger partial charge in [-0.2, -0.15) is 5.26 Å². The molecule has 0 spiro atoms. The number of hydrogen-bond donors (Lipinski definition) is 1. The van der Waals surface area contributed by atoms with E-state index in [9.17, 15) is 19.6 Å². The Morgan fingerprint density at radius 2 is 1.89 bits per heavy atom. The summed E-state index contributed by atoms with van der Waals surface area (Å²) in [5.41, 5.74) is 2.62. The van der Waals surface area contributed by atoms with Gasteiger partial charge in [0, 0.05) is 27.5 Å². The van der Waals surface area contributed by atoms with Crippen molar-refractivity contribution in [2.75, 3.05) is 18.5 Å². The fourth-order valence-corrected chi connectivity index (χ4v) is 5.69. The zero-order chi connectivity index (χ0) is 25.7. The molecule has 2 aromatic heterocycles. The van der Waals surface area contributed by atoms with Gasteiger partial charge in [-0.15, -0.1) is 11.3 Å². The molecule has 0 radical (unpaired) electrons. The third kappa shape index (κ3) is 5.19. The second-order valence-corrected chi connectivity index (χ2v) is 9.40. The van der Waals surface area contributed by atoms with Crippen molar-refractivity contribution in [3.8, 4) is 6.07 Å². The van der Waals surface area contributed by atoms with Crippen molar-refractivity contribution in [3.63, 3.8) is 0 Å². The van der Waals surface area contributed by atoms with Crippen LogP contribution in [0, 0.1) is 11.3 Å². The van der Waals surface area contributed by atoms with Gasteiger partial charge in [-0.1, -0.05) is 18.2 Å². The Bertz CT molecular complexity index is 1390. The summed E-state index contributed by atoms with van der Waals surface area (Å²) in [5.74, 6) is -1.44. The quantitative estimate of drug-likeness (QED) is 0.266. The number of nitrogens with one attached hydrogen (secondary N) is 1. The molecule has 4 rings (SSSR count). The van der Waals surface area contributed by atoms with Crippen molar-refractivity contribution in [1.29, 1.82) is 5.26 Å². The highest BCUT2D eigenvalue weighted by molar-refractivity contribution is 7.17. The zero-order valence-electron chi connectivity index (χ0n) is 20.3. The number of esters is 2. The van der Waals surface area contributed by atoms with E-state index in [1.54, 1.807) is 24.6 Å². The summed E-state index contributed by atoms with van der Waals surface area (Å²) < 4.78 is 12.1. The number of anilines is 1. The second kappa shape index (κ2) is 11.2. The molecule has 3 aromatic rings. The van der Waals surface area contributed by atoms with Gasteiger partial charge >= 0.3 is 11.9 Å². The van der Waals surface area contributed by atoms with E-state index in [0.717, 1.165) is 47.0 Å². The van der Waals surface area contributed by atoms with E-state index < -0.39 is 11.9 Å². The van der Waals surface area contributed by atoms with Crippen LogP contribution in [0.25, 0.3) is 17.0 Å². The van der Waals surface area contributed by atoms with Crippen LogP contribution in [0.5, 0.6) is 0 Å². The zero-order valence-corrected chi connectivity index (χ0v) is 21.1. The molecule has 2 heterocycles. The summed E-state index contributed by atoms with van der Waals surface area (Å²) in [6.07, 6.45) is 6.84. The van der Waals surface area contributed by atoms with Crippen molar-refractivity contribution in [3.05, 3.63) is 57.6 Å². The second-order valence-electron chi connectivity index (χ2n) is 8.29. The number of rotatable bonds is 8. The molecule has 8 nitrogen and oxygen atoms in total. The van der Waals surface area contributed by atoms with Crippen molar-refractivity contribution < 1.29 is 23.9 Å². The highest BCUT2D eigenvalue weighted by atomic mass is 32.1. The summed E-state index contributed by atoms with van der Waals surface area (Å²) in [6, 6.07) is 9.40. The van der Waals surface area contributed by atoms with Gasteiger partial charge in [0.25, 0.3) is 5.91 Å². The molecule has 0 aliphatic heterocycles. The maximum Gasteiger partial charge on any atom is 0.341 e. The summed E-state index contributed by atoms with van der Waals surface area (Å²) in [4.78, 5) is 39.0. The highest BCUT2D eigenvalue weighted by Crippen LogP contribution is 2.39. The molecule has 0 saturated carbocycles. The van der Waals surface area contributed by atoms with Gasteiger partial charge in [-0.25, -0.2) is 4.79 Å². The van der Waals surface area contributed by atoms with Gasteiger partial charge in [0.15, 0.2) is 0 Å². The van der Waals surface area contributed by atoms with Gasteiger partial charge in [-0.3, -0.25) is 9.59 Å². The normalized spacial score (nSPS) is 13.1. The van der Waals surface area contributed by atoms with E-state index in [-0.39, 0.29) is 31.3 Å². The van der Waals surface area contributed by atoms with Gasteiger partial charge in [0.1, 0.15) is 23.2 Å². The lowest BCUT2D eigenvalue weighted by Crippen LogP contribution is -2.16. The van der Waals surface area contributed by atoms with E-state index in [0.29, 0.717) is 16.1 Å². The molecule has 0 fully saturated rings. The van der Waals surface area contributed by atoms with Crippen LogP contribution in [-0.4, -0.2) is 35.6 Å². The third-order valence-corrected chi connectivity index (χ3v) is 7.17. The smallest absolute Gasteiger partial charge is 0.341 e. The van der Waals surface area contributed by atoms with Crippen molar-refractivity contribution in [2.24, 2.45) is 0 Å². The number of fused-ring (bicyclic) bond motifs is 2. The van der Waals surface area contributed by atoms with E-state index in [1.807, 2.05) is 30.3 Å². The van der Waals surface area contributed by atoms with Gasteiger partial charge in [-0.05, 0) is 57.2 Å². The molecule has 0 bridgehead atoms. The van der Waals surface area contributed by atoms with Crippen LogP contribution in [-0.2, 0) is 38.4 Å². The van der Waals surface area contributed by atoms with Crippen LogP contribution in [0.4, 0.5) is 5.00 Å². The van der Waals surface area contributed by atoms with Crippen LogP contribution in [0.2, 0.25) is 0 Å². The summed E-state index contributed by atoms with van der Waals surface area (Å²) in [6.45, 7) is 4.01. The highest BCUT2D eigenvalue weighted by Gasteiger charge is 2.28. The molecule has 1 aromatic carbocycles. The Balaban J connectivity index is 1.67. The number of carbonyl (C=O) groups is 3. The number of benzene rings is 1. The fourth-order valence-electron chi connectivity index (χ4n) is 4.41. The number of amides is 1. The number of thiophene rings is 1. The Hall–Kier alpha value is -3.90. The minimum absolute atomic E-state index is 0.0138. The number of ether oxygens (including phenoxy) is 2. The lowest BCUT2D eigenvalue weighted by Gasteiger charge is -2.12. The van der Waals surface area contributed by atoms with E-state index in [1.165, 1.54) is 17.4 Å². The topological polar surface area (TPSA) is 110 Å². The lowest BCUT2D eigenvalue weighted by atomic mass is 9.95. The summed E-state index contributed by atoms with van der Waals surface area (Å²) >= 11 is 1.37. The molecule has 0 atom stereocenters. The number of carbonyl (C=O) groups excluding carboxylic acids is 3. The first-order valence-electron chi connectivity index (χ1n) is 11.9. The SMILES string of the molecule is CCOC(=O)Cn1cc(/C=C(\C#N)C(=O)Nc2sc3c(c2C(=O)OCC)CCCC3)c2ccccc21. The first-order valence-corrected chi connectivity index (χ1v) is 12.8. The van der Waals surface area contributed by atoms with E-state index >= 15 is 0 Å². The molecule has 0 unspecified atom stereocenters. The molecule has 1 aliphatic carbocycles. The number of hydrogen-bond acceptors (Lipinski definition) is 7. The molecule has 1 aliphatic rings. The average Bonchev–Trinajstić information content (AvgIpc) is 3.40. The first-order chi connectivity index (χ1) is 17.5. The number of nitrogens with zero attached hydrogens (tertiary/aromatic N) is 2. The van der Waals surface area contributed by atoms with E-state index in [2.05, 4.69) is 5.32 Å². The monoisotopic (exact) mass is 505 g/mol. The summed E-state index contributed by atoms with van der Waals surface area (Å²) in [7, 11) is 0. The Morgan fingerprint density at radius 3 is 2.64 bits per heavy atom. The van der Waals surface area contributed by atoms with Crippen molar-refractivity contribution >= 4 is 51.2 Å². The van der Waals surface area contributed by atoms with Gasteiger partial charge < -0.3 is 19.4 Å². The summed E-state index contributed by atoms with van der Waals surface area (Å²) in [5, 5.41) is 13.8. The number of para-hydroxylation sites is 1. The predicted molar refractivity (Wildman–Crippen MR) is 138 cm³/mol. The van der Waals surface area contributed by atoms with Crippen LogP contribution in [0.15, 0.2) is 36.0 Å². The third-order valence-electron chi connectivity index (χ3n) is 5.97. The molecular formula is C27H27N3O5S. The van der Waals surface area contributed by atoms with Crippen molar-refractivity contribution in [2.45, 2.75) is 46.1 Å². The first kappa shape index (κ1) is 25.2. The molecule has 186 valence electrons. The fraction of sp³-hybridized carbons (Fsp3) is 0.333. The molecule has 1 N–H and O–H groups in total. The Kier molecular flexibility index (Phi) is 7.86. The van der Waals surface area contributed by atoms with Gasteiger partial charge in [0.2, 0.25) is 0 Å². The average molecular weight is 506 g/mol. The van der Waals surface area contributed by atoms with E-state index in [4.69, 9.17) is 9.47 Å². The molecule has 36 heavy (non-hydrogen) atoms. The Labute approximate surface area is 213 Å². The molecular weight excluding hydrogens is 478 g/mol. The number of nitriles is 1. The van der Waals surface area contributed by atoms with Gasteiger partial charge in [0.05, 0.1) is 18.8 Å². The Morgan fingerprint density at radius 1 is 1.14 bits per heavy atom. The number of aromatic nitrogens is 1. The molecule has 9 heteroatoms. The van der Waals surface area contributed by atoms with Crippen molar-refractivity contribution in [1.82, 2.24) is 4.57 Å². The minimum Gasteiger partial charge on any atom is -0.465 e. The predicted octanol–water partition coefficient (Wildman–Crippen LogP) is 4.87. The van der Waals surface area contributed by atoms with Crippen LogP contribution < -0.4 is 5.32 Å².